The highest BCUT2D eigenvalue weighted by molar-refractivity contribution is 7.92. The molecule has 3 aromatic carbocycles. The van der Waals surface area contributed by atoms with E-state index in [0.717, 1.165) is 11.1 Å². The summed E-state index contributed by atoms with van der Waals surface area (Å²) in [6, 6.07) is 19.1. The second-order valence-electron chi connectivity index (χ2n) is 10.0. The highest BCUT2D eigenvalue weighted by atomic mass is 35.5. The quantitative estimate of drug-likeness (QED) is 0.374. The molecule has 0 unspecified atom stereocenters. The van der Waals surface area contributed by atoms with E-state index in [-0.39, 0.29) is 39.6 Å². The number of phenolic OH excluding ortho intramolecular Hbond substituents is 1. The SMILES string of the molecule is Nc1ccc(Cl)c(S(=O)(=O)C2CC3(C2)CN(C(=O)OCC2c4ccccc4-c4ccccc42)C3)c1O. The predicted molar refractivity (Wildman–Crippen MR) is 137 cm³/mol. The molecule has 3 N–H and O–H groups in total. The van der Waals surface area contributed by atoms with Crippen LogP contribution in [0.4, 0.5) is 10.5 Å². The number of phenols is 1. The van der Waals surface area contributed by atoms with Gasteiger partial charge in [0.05, 0.1) is 16.0 Å². The molecule has 1 spiro atoms. The number of hydrogen-bond donors (Lipinski definition) is 2. The molecule has 1 saturated carbocycles. The molecule has 36 heavy (non-hydrogen) atoms. The number of halogens is 1. The fourth-order valence-corrected chi connectivity index (χ4v) is 8.64. The molecule has 186 valence electrons. The maximum absolute atomic E-state index is 13.1. The Morgan fingerprint density at radius 1 is 1.03 bits per heavy atom. The monoisotopic (exact) mass is 524 g/mol. The number of anilines is 1. The first kappa shape index (κ1) is 23.2. The van der Waals surface area contributed by atoms with Crippen molar-refractivity contribution in [3.05, 3.63) is 76.8 Å². The van der Waals surface area contributed by atoms with Gasteiger partial charge in [-0.25, -0.2) is 13.2 Å². The minimum absolute atomic E-state index is 0.00875. The number of amides is 1. The lowest BCUT2D eigenvalue weighted by Crippen LogP contribution is -2.66. The molecule has 1 saturated heterocycles. The van der Waals surface area contributed by atoms with Gasteiger partial charge in [0.1, 0.15) is 11.5 Å². The third-order valence-electron chi connectivity index (χ3n) is 7.81. The third kappa shape index (κ3) is 3.46. The highest BCUT2D eigenvalue weighted by Crippen LogP contribution is 2.54. The van der Waals surface area contributed by atoms with Crippen LogP contribution in [0.25, 0.3) is 11.1 Å². The molecule has 1 amide bonds. The van der Waals surface area contributed by atoms with Gasteiger partial charge in [-0.2, -0.15) is 0 Å². The van der Waals surface area contributed by atoms with Crippen molar-refractivity contribution in [3.8, 4) is 16.9 Å². The van der Waals surface area contributed by atoms with E-state index < -0.39 is 20.8 Å². The van der Waals surface area contributed by atoms with Crippen LogP contribution in [0.2, 0.25) is 5.02 Å². The lowest BCUT2D eigenvalue weighted by atomic mass is 9.63. The average Bonchev–Trinajstić information content (AvgIpc) is 3.12. The highest BCUT2D eigenvalue weighted by Gasteiger charge is 2.58. The normalized spacial score (nSPS) is 18.3. The topological polar surface area (TPSA) is 110 Å². The first-order valence-corrected chi connectivity index (χ1v) is 13.7. The number of benzene rings is 3. The zero-order valence-corrected chi connectivity index (χ0v) is 20.9. The number of fused-ring (bicyclic) bond motifs is 3. The van der Waals surface area contributed by atoms with Crippen molar-refractivity contribution in [2.24, 2.45) is 5.41 Å². The van der Waals surface area contributed by atoms with Gasteiger partial charge in [-0.1, -0.05) is 60.1 Å². The molecule has 2 aliphatic carbocycles. The Kier molecular flexibility index (Phi) is 5.25. The van der Waals surface area contributed by atoms with Crippen LogP contribution in [0.15, 0.2) is 65.6 Å². The van der Waals surface area contributed by atoms with Gasteiger partial charge in [-0.05, 0) is 47.2 Å². The van der Waals surface area contributed by atoms with Crippen LogP contribution in [0.1, 0.15) is 29.9 Å². The van der Waals surface area contributed by atoms with Crippen molar-refractivity contribution < 1.29 is 23.1 Å². The smallest absolute Gasteiger partial charge is 0.409 e. The first-order chi connectivity index (χ1) is 17.2. The number of carbonyl (C=O) groups excluding carboxylic acids is 1. The summed E-state index contributed by atoms with van der Waals surface area (Å²) in [5.41, 5.74) is 10.1. The van der Waals surface area contributed by atoms with E-state index in [2.05, 4.69) is 24.3 Å². The number of aromatic hydroxyl groups is 1. The molecule has 0 aromatic heterocycles. The standard InChI is InChI=1S/C27H25ClN2O5S/c28-22-9-10-23(29)24(31)25(22)36(33,34)16-11-27(12-16)14-30(15-27)26(32)35-13-21-19-7-3-1-5-17(19)18-6-2-4-8-20(18)21/h1-10,16,21,31H,11-15,29H2. The van der Waals surface area contributed by atoms with E-state index in [0.29, 0.717) is 25.9 Å². The van der Waals surface area contributed by atoms with Crippen molar-refractivity contribution >= 4 is 33.2 Å². The summed E-state index contributed by atoms with van der Waals surface area (Å²) in [5, 5.41) is 9.49. The van der Waals surface area contributed by atoms with E-state index >= 15 is 0 Å². The maximum atomic E-state index is 13.1. The molecule has 0 radical (unpaired) electrons. The van der Waals surface area contributed by atoms with Gasteiger partial charge >= 0.3 is 6.09 Å². The van der Waals surface area contributed by atoms with Crippen molar-refractivity contribution in [2.75, 3.05) is 25.4 Å². The largest absolute Gasteiger partial charge is 0.504 e. The van der Waals surface area contributed by atoms with Gasteiger partial charge in [-0.15, -0.1) is 0 Å². The summed E-state index contributed by atoms with van der Waals surface area (Å²) in [6.45, 7) is 1.15. The van der Waals surface area contributed by atoms with E-state index in [4.69, 9.17) is 22.1 Å². The lowest BCUT2D eigenvalue weighted by molar-refractivity contribution is -0.0504. The Balaban J connectivity index is 1.08. The van der Waals surface area contributed by atoms with E-state index in [1.807, 2.05) is 24.3 Å². The van der Waals surface area contributed by atoms with Gasteiger partial charge in [0.25, 0.3) is 0 Å². The van der Waals surface area contributed by atoms with E-state index in [9.17, 15) is 18.3 Å². The van der Waals surface area contributed by atoms with Crippen LogP contribution < -0.4 is 5.73 Å². The molecule has 3 aromatic rings. The number of nitrogens with two attached hydrogens (primary N) is 1. The number of rotatable bonds is 4. The number of ether oxygens (including phenoxy) is 1. The number of hydrogen-bond acceptors (Lipinski definition) is 6. The van der Waals surface area contributed by atoms with Crippen molar-refractivity contribution in [1.29, 1.82) is 0 Å². The third-order valence-corrected chi connectivity index (χ3v) is 10.4. The summed E-state index contributed by atoms with van der Waals surface area (Å²) < 4.78 is 31.9. The fraction of sp³-hybridized carbons (Fsp3) is 0.296. The van der Waals surface area contributed by atoms with Crippen molar-refractivity contribution in [3.63, 3.8) is 0 Å². The molecule has 2 fully saturated rings. The number of nitrogens with zero attached hydrogens (tertiary/aromatic N) is 1. The Morgan fingerprint density at radius 2 is 1.61 bits per heavy atom. The van der Waals surface area contributed by atoms with Gasteiger partial charge in [0, 0.05) is 24.4 Å². The average molecular weight is 525 g/mol. The molecule has 9 heteroatoms. The molecular formula is C27H25ClN2O5S. The van der Waals surface area contributed by atoms with Crippen LogP contribution >= 0.6 is 11.6 Å². The number of sulfone groups is 1. The molecule has 0 atom stereocenters. The predicted octanol–water partition coefficient (Wildman–Crippen LogP) is 4.82. The summed E-state index contributed by atoms with van der Waals surface area (Å²) in [7, 11) is -3.85. The fourth-order valence-electron chi connectivity index (χ4n) is 5.96. The van der Waals surface area contributed by atoms with Gasteiger partial charge in [0.15, 0.2) is 15.6 Å². The molecule has 0 bridgehead atoms. The zero-order valence-electron chi connectivity index (χ0n) is 19.4. The molecule has 1 heterocycles. The summed E-state index contributed by atoms with van der Waals surface area (Å²) in [6.07, 6.45) is 0.408. The summed E-state index contributed by atoms with van der Waals surface area (Å²) in [5.74, 6) is -0.511. The van der Waals surface area contributed by atoms with Gasteiger partial charge in [-0.3, -0.25) is 0 Å². The minimum Gasteiger partial charge on any atom is -0.504 e. The summed E-state index contributed by atoms with van der Waals surface area (Å²) >= 11 is 6.08. The number of carbonyl (C=O) groups is 1. The van der Waals surface area contributed by atoms with Crippen molar-refractivity contribution in [1.82, 2.24) is 4.90 Å². The zero-order chi connectivity index (χ0) is 25.2. The van der Waals surface area contributed by atoms with Crippen molar-refractivity contribution in [2.45, 2.75) is 28.9 Å². The molecule has 3 aliphatic rings. The second kappa shape index (κ2) is 8.15. The van der Waals surface area contributed by atoms with E-state index in [1.54, 1.807) is 4.90 Å². The molecule has 7 nitrogen and oxygen atoms in total. The maximum Gasteiger partial charge on any atom is 0.409 e. The van der Waals surface area contributed by atoms with Gasteiger partial charge in [0.2, 0.25) is 0 Å². The van der Waals surface area contributed by atoms with Crippen LogP contribution in [0.5, 0.6) is 5.75 Å². The van der Waals surface area contributed by atoms with Crippen LogP contribution in [0.3, 0.4) is 0 Å². The van der Waals surface area contributed by atoms with Gasteiger partial charge < -0.3 is 20.5 Å². The molecular weight excluding hydrogens is 500 g/mol. The number of nitrogen functional groups attached to an aromatic ring is 1. The molecule has 6 rings (SSSR count). The van der Waals surface area contributed by atoms with Crippen LogP contribution in [-0.4, -0.2) is 49.5 Å². The van der Waals surface area contributed by atoms with Crippen LogP contribution in [-0.2, 0) is 14.6 Å². The summed E-state index contributed by atoms with van der Waals surface area (Å²) in [4.78, 5) is 14.1. The first-order valence-electron chi connectivity index (χ1n) is 11.8. The Bertz CT molecular complexity index is 1450. The number of likely N-dealkylation sites (tertiary alicyclic amines) is 1. The van der Waals surface area contributed by atoms with Crippen LogP contribution in [0, 0.1) is 5.41 Å². The molecule has 1 aliphatic heterocycles. The van der Waals surface area contributed by atoms with E-state index in [1.165, 1.54) is 23.3 Å². The Morgan fingerprint density at radius 3 is 2.22 bits per heavy atom. The Hall–Kier alpha value is -3.23. The second-order valence-corrected chi connectivity index (χ2v) is 12.6. The Labute approximate surface area is 214 Å². The minimum atomic E-state index is -3.85. The lowest BCUT2D eigenvalue weighted by Gasteiger charge is -2.57.